The first kappa shape index (κ1) is 21.7. The number of carbonyl (C=O) groups excluding carboxylic acids is 1. The molecule has 1 saturated heterocycles. The highest BCUT2D eigenvalue weighted by atomic mass is 16.8. The summed E-state index contributed by atoms with van der Waals surface area (Å²) >= 11 is 0. The summed E-state index contributed by atoms with van der Waals surface area (Å²) in [5.41, 5.74) is 1.26. The fourth-order valence-electron chi connectivity index (χ4n) is 3.44. The smallest absolute Gasteiger partial charge is 0.430 e. The second kappa shape index (κ2) is 14.5. The Kier molecular flexibility index (Phi) is 11.7. The van der Waals surface area contributed by atoms with Crippen molar-refractivity contribution < 1.29 is 19.0 Å². The van der Waals surface area contributed by atoms with Crippen molar-refractivity contribution in [2.75, 3.05) is 13.2 Å². The Morgan fingerprint density at radius 2 is 1.41 bits per heavy atom. The average molecular weight is 377 g/mol. The van der Waals surface area contributed by atoms with E-state index in [9.17, 15) is 4.79 Å². The van der Waals surface area contributed by atoms with Crippen LogP contribution >= 0.6 is 0 Å². The minimum atomic E-state index is -0.500. The molecule has 0 radical (unpaired) electrons. The number of hydrogen-bond acceptors (Lipinski definition) is 4. The fourth-order valence-corrected chi connectivity index (χ4v) is 3.44. The molecule has 0 spiro atoms. The van der Waals surface area contributed by atoms with E-state index in [1.807, 2.05) is 6.07 Å². The van der Waals surface area contributed by atoms with E-state index < -0.39 is 6.16 Å². The van der Waals surface area contributed by atoms with Crippen molar-refractivity contribution in [3.8, 4) is 0 Å². The highest BCUT2D eigenvalue weighted by molar-refractivity contribution is 5.61. The lowest BCUT2D eigenvalue weighted by molar-refractivity contribution is 0.115. The van der Waals surface area contributed by atoms with Crippen LogP contribution in [-0.2, 0) is 20.8 Å². The van der Waals surface area contributed by atoms with Gasteiger partial charge in [0.1, 0.15) is 12.7 Å². The number of hydrogen-bond donors (Lipinski definition) is 0. The first-order valence-electron chi connectivity index (χ1n) is 10.8. The molecule has 0 aromatic heterocycles. The Morgan fingerprint density at radius 3 is 2.00 bits per heavy atom. The lowest BCUT2D eigenvalue weighted by atomic mass is 10.0. The van der Waals surface area contributed by atoms with Crippen molar-refractivity contribution >= 4 is 6.16 Å². The van der Waals surface area contributed by atoms with Gasteiger partial charge in [-0.2, -0.15) is 0 Å². The second-order valence-electron chi connectivity index (χ2n) is 7.52. The summed E-state index contributed by atoms with van der Waals surface area (Å²) in [7, 11) is 0. The number of cyclic esters (lactones) is 2. The zero-order valence-corrected chi connectivity index (χ0v) is 16.7. The molecule has 4 heteroatoms. The van der Waals surface area contributed by atoms with Gasteiger partial charge in [-0.25, -0.2) is 4.79 Å². The highest BCUT2D eigenvalue weighted by Gasteiger charge is 2.23. The van der Waals surface area contributed by atoms with Gasteiger partial charge in [0.05, 0.1) is 6.61 Å². The maximum atomic E-state index is 10.8. The number of rotatable bonds is 16. The molecule has 1 aliphatic rings. The van der Waals surface area contributed by atoms with Gasteiger partial charge < -0.3 is 14.2 Å². The topological polar surface area (TPSA) is 44.8 Å². The zero-order valence-electron chi connectivity index (χ0n) is 16.7. The summed E-state index contributed by atoms with van der Waals surface area (Å²) in [4.78, 5) is 10.8. The molecule has 0 amide bonds. The van der Waals surface area contributed by atoms with Crippen molar-refractivity contribution in [3.05, 3.63) is 35.9 Å². The molecule has 1 aromatic carbocycles. The molecule has 152 valence electrons. The normalized spacial score (nSPS) is 16.3. The van der Waals surface area contributed by atoms with Crippen molar-refractivity contribution in [1.82, 2.24) is 0 Å². The average Bonchev–Trinajstić information content (AvgIpc) is 3.11. The maximum absolute atomic E-state index is 10.8. The van der Waals surface area contributed by atoms with Crippen LogP contribution in [0.25, 0.3) is 0 Å². The summed E-state index contributed by atoms with van der Waals surface area (Å²) in [5.74, 6) is 0. The third kappa shape index (κ3) is 11.0. The lowest BCUT2D eigenvalue weighted by Crippen LogP contribution is -2.09. The van der Waals surface area contributed by atoms with E-state index in [2.05, 4.69) is 24.3 Å². The summed E-state index contributed by atoms with van der Waals surface area (Å²) in [6.45, 7) is 2.06. The Bertz CT molecular complexity index is 488. The van der Waals surface area contributed by atoms with E-state index in [-0.39, 0.29) is 6.10 Å². The van der Waals surface area contributed by atoms with Crippen LogP contribution in [0.2, 0.25) is 0 Å². The predicted octanol–water partition coefficient (Wildman–Crippen LogP) is 6.42. The molecule has 1 atom stereocenters. The Balaban J connectivity index is 1.24. The van der Waals surface area contributed by atoms with E-state index in [1.165, 1.54) is 69.8 Å². The van der Waals surface area contributed by atoms with E-state index >= 15 is 0 Å². The Morgan fingerprint density at radius 1 is 0.815 bits per heavy atom. The van der Waals surface area contributed by atoms with Crippen LogP contribution in [0.15, 0.2) is 30.3 Å². The molecule has 1 aliphatic heterocycles. The summed E-state index contributed by atoms with van der Waals surface area (Å²) in [6, 6.07) is 10.4. The quantitative estimate of drug-likeness (QED) is 0.247. The van der Waals surface area contributed by atoms with Crippen LogP contribution in [0.3, 0.4) is 0 Å². The Labute approximate surface area is 164 Å². The molecule has 0 aliphatic carbocycles. The summed E-state index contributed by atoms with van der Waals surface area (Å²) in [6.07, 6.45) is 14.6. The van der Waals surface area contributed by atoms with Gasteiger partial charge >= 0.3 is 6.16 Å². The Hall–Kier alpha value is -1.55. The molecule has 0 unspecified atom stereocenters. The van der Waals surface area contributed by atoms with Crippen LogP contribution in [0.1, 0.15) is 82.6 Å². The summed E-state index contributed by atoms with van der Waals surface area (Å²) in [5, 5.41) is 0. The van der Waals surface area contributed by atoms with Crippen LogP contribution in [0.4, 0.5) is 4.79 Å². The lowest BCUT2D eigenvalue weighted by Gasteiger charge is -2.06. The van der Waals surface area contributed by atoms with Crippen molar-refractivity contribution in [1.29, 1.82) is 0 Å². The van der Waals surface area contributed by atoms with Gasteiger partial charge in [-0.05, 0) is 24.8 Å². The van der Waals surface area contributed by atoms with Gasteiger partial charge in [-0.1, -0.05) is 88.1 Å². The van der Waals surface area contributed by atoms with Crippen molar-refractivity contribution in [2.45, 2.75) is 89.8 Å². The molecule has 1 heterocycles. The standard InChI is InChI=1S/C23H36O4/c24-23-26-20-22(27-23)17-13-8-6-4-2-1-3-5-7-9-14-18-25-19-21-15-11-10-12-16-21/h10-12,15-16,22H,1-9,13-14,17-20H2/t22-/m1/s1. The molecule has 1 fully saturated rings. The van der Waals surface area contributed by atoms with Gasteiger partial charge in [-0.3, -0.25) is 0 Å². The van der Waals surface area contributed by atoms with E-state index in [1.54, 1.807) is 0 Å². The minimum Gasteiger partial charge on any atom is -0.430 e. The third-order valence-electron chi connectivity index (χ3n) is 5.08. The van der Waals surface area contributed by atoms with Crippen LogP contribution in [0, 0.1) is 0 Å². The van der Waals surface area contributed by atoms with Gasteiger partial charge in [0.2, 0.25) is 0 Å². The molecule has 1 aromatic rings. The van der Waals surface area contributed by atoms with E-state index in [0.717, 1.165) is 26.1 Å². The second-order valence-corrected chi connectivity index (χ2v) is 7.52. The SMILES string of the molecule is O=C1OC[C@@H](CCCCCCCCCCCCCOCc2ccccc2)O1. The van der Waals surface area contributed by atoms with Crippen LogP contribution < -0.4 is 0 Å². The summed E-state index contributed by atoms with van der Waals surface area (Å²) < 4.78 is 15.5. The molecule has 0 N–H and O–H groups in total. The van der Waals surface area contributed by atoms with Gasteiger partial charge in [-0.15, -0.1) is 0 Å². The molecular formula is C23H36O4. The molecule has 0 bridgehead atoms. The first-order valence-corrected chi connectivity index (χ1v) is 10.8. The minimum absolute atomic E-state index is 0.00115. The zero-order chi connectivity index (χ0) is 19.0. The van der Waals surface area contributed by atoms with Gasteiger partial charge in [0.25, 0.3) is 0 Å². The number of carbonyl (C=O) groups is 1. The monoisotopic (exact) mass is 376 g/mol. The number of unbranched alkanes of at least 4 members (excludes halogenated alkanes) is 10. The maximum Gasteiger partial charge on any atom is 0.508 e. The molecule has 2 rings (SSSR count). The molecule has 27 heavy (non-hydrogen) atoms. The molecule has 0 saturated carbocycles. The van der Waals surface area contributed by atoms with Crippen molar-refractivity contribution in [2.24, 2.45) is 0 Å². The van der Waals surface area contributed by atoms with Gasteiger partial charge in [0, 0.05) is 6.61 Å². The molecule has 4 nitrogen and oxygen atoms in total. The van der Waals surface area contributed by atoms with E-state index in [4.69, 9.17) is 14.2 Å². The largest absolute Gasteiger partial charge is 0.508 e. The number of benzene rings is 1. The molecular weight excluding hydrogens is 340 g/mol. The van der Waals surface area contributed by atoms with E-state index in [0.29, 0.717) is 6.61 Å². The highest BCUT2D eigenvalue weighted by Crippen LogP contribution is 2.16. The predicted molar refractivity (Wildman–Crippen MR) is 108 cm³/mol. The first-order chi connectivity index (χ1) is 13.3. The fraction of sp³-hybridized carbons (Fsp3) is 0.696. The van der Waals surface area contributed by atoms with Crippen LogP contribution in [0.5, 0.6) is 0 Å². The van der Waals surface area contributed by atoms with Crippen LogP contribution in [-0.4, -0.2) is 25.5 Å². The van der Waals surface area contributed by atoms with Crippen molar-refractivity contribution in [3.63, 3.8) is 0 Å². The number of ether oxygens (including phenoxy) is 3. The third-order valence-corrected chi connectivity index (χ3v) is 5.08. The van der Waals surface area contributed by atoms with Gasteiger partial charge in [0.15, 0.2) is 0 Å².